The predicted molar refractivity (Wildman–Crippen MR) is 70.6 cm³/mol. The highest BCUT2D eigenvalue weighted by molar-refractivity contribution is 4.85. The highest BCUT2D eigenvalue weighted by Crippen LogP contribution is 2.18. The van der Waals surface area contributed by atoms with E-state index >= 15 is 0 Å². The van der Waals surface area contributed by atoms with Crippen LogP contribution in [0.25, 0.3) is 0 Å². The number of likely N-dealkylation sites (N-methyl/N-ethyl adjacent to an activating group) is 1. The second-order valence-electron chi connectivity index (χ2n) is 5.29. The second kappa shape index (κ2) is 7.25. The molecule has 3 heteroatoms. The molecule has 1 fully saturated rings. The molecule has 1 rings (SSSR count). The van der Waals surface area contributed by atoms with E-state index in [4.69, 9.17) is 5.73 Å². The molecule has 0 bridgehead atoms. The second-order valence-corrected chi connectivity index (χ2v) is 5.29. The first-order valence-corrected chi connectivity index (χ1v) is 6.79. The van der Waals surface area contributed by atoms with Gasteiger partial charge >= 0.3 is 0 Å². The molecule has 1 heterocycles. The van der Waals surface area contributed by atoms with Crippen LogP contribution in [0.2, 0.25) is 0 Å². The molecule has 2 N–H and O–H groups in total. The van der Waals surface area contributed by atoms with Crippen molar-refractivity contribution in [2.24, 2.45) is 5.73 Å². The Morgan fingerprint density at radius 2 is 2.12 bits per heavy atom. The molecule has 1 aliphatic rings. The van der Waals surface area contributed by atoms with E-state index in [0.717, 1.165) is 12.6 Å². The van der Waals surface area contributed by atoms with Gasteiger partial charge in [-0.1, -0.05) is 26.2 Å². The van der Waals surface area contributed by atoms with Gasteiger partial charge in [0.25, 0.3) is 0 Å². The van der Waals surface area contributed by atoms with Crippen LogP contribution in [0.15, 0.2) is 0 Å². The number of likely N-dealkylation sites (tertiary alicyclic amines) is 1. The third-order valence-electron chi connectivity index (χ3n) is 3.85. The first kappa shape index (κ1) is 13.9. The van der Waals surface area contributed by atoms with Gasteiger partial charge in [-0.15, -0.1) is 0 Å². The number of nitrogens with zero attached hydrogens (tertiary/aromatic N) is 2. The minimum absolute atomic E-state index is 0.622. The molecular formula is C13H29N3. The summed E-state index contributed by atoms with van der Waals surface area (Å²) in [5.74, 6) is 0. The summed E-state index contributed by atoms with van der Waals surface area (Å²) in [4.78, 5) is 4.94. The molecule has 0 aromatic heterocycles. The molecule has 0 aliphatic carbocycles. The van der Waals surface area contributed by atoms with Gasteiger partial charge < -0.3 is 10.6 Å². The number of nitrogens with two attached hydrogens (primary N) is 1. The maximum atomic E-state index is 5.90. The fourth-order valence-corrected chi connectivity index (χ4v) is 2.60. The Kier molecular flexibility index (Phi) is 6.32. The molecule has 1 saturated heterocycles. The van der Waals surface area contributed by atoms with E-state index in [2.05, 4.69) is 30.8 Å². The summed E-state index contributed by atoms with van der Waals surface area (Å²) in [7, 11) is 4.37. The van der Waals surface area contributed by atoms with E-state index in [1.807, 2.05) is 0 Å². The molecule has 0 amide bonds. The maximum Gasteiger partial charge on any atom is 0.0229 e. The van der Waals surface area contributed by atoms with Crippen molar-refractivity contribution in [3.8, 4) is 0 Å². The minimum Gasteiger partial charge on any atom is -0.329 e. The van der Waals surface area contributed by atoms with Gasteiger partial charge in [0.1, 0.15) is 0 Å². The number of unbranched alkanes of at least 4 members (excludes halogenated alkanes) is 2. The van der Waals surface area contributed by atoms with Crippen molar-refractivity contribution in [2.45, 2.75) is 51.1 Å². The van der Waals surface area contributed by atoms with E-state index in [9.17, 15) is 0 Å². The summed E-state index contributed by atoms with van der Waals surface area (Å²) in [6, 6.07) is 1.36. The topological polar surface area (TPSA) is 32.5 Å². The summed E-state index contributed by atoms with van der Waals surface area (Å²) in [5.41, 5.74) is 5.90. The van der Waals surface area contributed by atoms with Crippen LogP contribution in [-0.2, 0) is 0 Å². The lowest BCUT2D eigenvalue weighted by molar-refractivity contribution is 0.207. The number of hydrogen-bond donors (Lipinski definition) is 1. The van der Waals surface area contributed by atoms with Crippen molar-refractivity contribution < 1.29 is 0 Å². The molecule has 2 atom stereocenters. The summed E-state index contributed by atoms with van der Waals surface area (Å²) in [6.45, 7) is 5.52. The number of hydrogen-bond acceptors (Lipinski definition) is 3. The largest absolute Gasteiger partial charge is 0.329 e. The van der Waals surface area contributed by atoms with E-state index in [1.165, 1.54) is 45.2 Å². The van der Waals surface area contributed by atoms with Gasteiger partial charge in [0.05, 0.1) is 0 Å². The van der Waals surface area contributed by atoms with E-state index in [0.29, 0.717) is 6.04 Å². The first-order chi connectivity index (χ1) is 7.69. The summed E-state index contributed by atoms with van der Waals surface area (Å²) < 4.78 is 0. The quantitative estimate of drug-likeness (QED) is 0.670. The summed E-state index contributed by atoms with van der Waals surface area (Å²) in [5, 5.41) is 0. The highest BCUT2D eigenvalue weighted by Gasteiger charge is 2.28. The van der Waals surface area contributed by atoms with E-state index in [-0.39, 0.29) is 0 Å². The molecule has 0 aromatic carbocycles. The average molecular weight is 227 g/mol. The Balaban J connectivity index is 2.31. The van der Waals surface area contributed by atoms with Crippen LogP contribution in [0.1, 0.15) is 39.0 Å². The number of rotatable bonds is 7. The standard InChI is InChI=1S/C13H29N3/c1-4-5-6-7-12(10-14)16-9-8-13(11-16)15(2)3/h12-13H,4-11,14H2,1-3H3. The third-order valence-corrected chi connectivity index (χ3v) is 3.85. The van der Waals surface area contributed by atoms with Gasteiger partial charge in [0, 0.05) is 31.7 Å². The molecule has 0 aromatic rings. The van der Waals surface area contributed by atoms with Crippen LogP contribution in [0.5, 0.6) is 0 Å². The smallest absolute Gasteiger partial charge is 0.0229 e. The highest BCUT2D eigenvalue weighted by atomic mass is 15.2. The van der Waals surface area contributed by atoms with Crippen molar-refractivity contribution in [1.29, 1.82) is 0 Å². The molecule has 0 saturated carbocycles. The third kappa shape index (κ3) is 4.04. The Morgan fingerprint density at radius 3 is 2.62 bits per heavy atom. The molecule has 0 spiro atoms. The molecule has 3 nitrogen and oxygen atoms in total. The van der Waals surface area contributed by atoms with Crippen LogP contribution >= 0.6 is 0 Å². The predicted octanol–water partition coefficient (Wildman–Crippen LogP) is 1.53. The maximum absolute atomic E-state index is 5.90. The van der Waals surface area contributed by atoms with Gasteiger partial charge in [0.2, 0.25) is 0 Å². The van der Waals surface area contributed by atoms with Crippen LogP contribution in [0.3, 0.4) is 0 Å². The molecule has 2 unspecified atom stereocenters. The minimum atomic E-state index is 0.622. The molecule has 1 aliphatic heterocycles. The van der Waals surface area contributed by atoms with Crippen LogP contribution in [0.4, 0.5) is 0 Å². The molecular weight excluding hydrogens is 198 g/mol. The van der Waals surface area contributed by atoms with E-state index in [1.54, 1.807) is 0 Å². The Labute approximate surface area is 101 Å². The Bertz CT molecular complexity index is 182. The van der Waals surface area contributed by atoms with Gasteiger partial charge in [0.15, 0.2) is 0 Å². The van der Waals surface area contributed by atoms with E-state index < -0.39 is 0 Å². The van der Waals surface area contributed by atoms with Crippen LogP contribution < -0.4 is 5.73 Å². The lowest BCUT2D eigenvalue weighted by atomic mass is 10.1. The lowest BCUT2D eigenvalue weighted by Crippen LogP contribution is -2.41. The van der Waals surface area contributed by atoms with Crippen LogP contribution in [-0.4, -0.2) is 55.6 Å². The zero-order chi connectivity index (χ0) is 12.0. The summed E-state index contributed by atoms with van der Waals surface area (Å²) >= 11 is 0. The Hall–Kier alpha value is -0.120. The first-order valence-electron chi connectivity index (χ1n) is 6.79. The van der Waals surface area contributed by atoms with Gasteiger partial charge in [-0.2, -0.15) is 0 Å². The SMILES string of the molecule is CCCCCC(CN)N1CCC(N(C)C)C1. The van der Waals surface area contributed by atoms with Crippen molar-refractivity contribution in [3.05, 3.63) is 0 Å². The normalized spacial score (nSPS) is 24.2. The fraction of sp³-hybridized carbons (Fsp3) is 1.00. The molecule has 16 heavy (non-hydrogen) atoms. The van der Waals surface area contributed by atoms with Gasteiger partial charge in [-0.3, -0.25) is 4.90 Å². The van der Waals surface area contributed by atoms with Crippen molar-refractivity contribution in [2.75, 3.05) is 33.7 Å². The summed E-state index contributed by atoms with van der Waals surface area (Å²) in [6.07, 6.45) is 6.57. The van der Waals surface area contributed by atoms with Crippen molar-refractivity contribution in [1.82, 2.24) is 9.80 Å². The average Bonchev–Trinajstić information content (AvgIpc) is 2.74. The van der Waals surface area contributed by atoms with Gasteiger partial charge in [-0.05, 0) is 26.9 Å². The van der Waals surface area contributed by atoms with Crippen molar-refractivity contribution in [3.63, 3.8) is 0 Å². The zero-order valence-corrected chi connectivity index (χ0v) is 11.3. The zero-order valence-electron chi connectivity index (χ0n) is 11.3. The Morgan fingerprint density at radius 1 is 1.38 bits per heavy atom. The monoisotopic (exact) mass is 227 g/mol. The fourth-order valence-electron chi connectivity index (χ4n) is 2.60. The molecule has 0 radical (unpaired) electrons. The van der Waals surface area contributed by atoms with Crippen LogP contribution in [0, 0.1) is 0 Å². The van der Waals surface area contributed by atoms with Crippen molar-refractivity contribution >= 4 is 0 Å². The molecule has 96 valence electrons. The van der Waals surface area contributed by atoms with Gasteiger partial charge in [-0.25, -0.2) is 0 Å². The lowest BCUT2D eigenvalue weighted by Gasteiger charge is -2.27.